The molecule has 0 saturated carbocycles. The number of aromatic nitrogens is 2. The predicted octanol–water partition coefficient (Wildman–Crippen LogP) is 3.76. The molecule has 0 unspecified atom stereocenters. The largest absolute Gasteiger partial charge is 0.397 e. The number of nitrogens with two attached hydrogens (primary N) is 1. The molecule has 0 radical (unpaired) electrons. The summed E-state index contributed by atoms with van der Waals surface area (Å²) >= 11 is 1.19. The Morgan fingerprint density at radius 2 is 1.92 bits per heavy atom. The van der Waals surface area contributed by atoms with Gasteiger partial charge in [-0.15, -0.1) is 16.4 Å². The Balaban J connectivity index is 1.78. The van der Waals surface area contributed by atoms with Gasteiger partial charge >= 0.3 is 0 Å². The molecule has 8 heteroatoms. The van der Waals surface area contributed by atoms with Crippen LogP contribution in [0.2, 0.25) is 0 Å². The van der Waals surface area contributed by atoms with Gasteiger partial charge in [-0.25, -0.2) is 8.78 Å². The summed E-state index contributed by atoms with van der Waals surface area (Å²) in [5.74, 6) is -0.324. The lowest BCUT2D eigenvalue weighted by Gasteiger charge is -2.06. The van der Waals surface area contributed by atoms with E-state index in [9.17, 15) is 13.6 Å². The van der Waals surface area contributed by atoms with E-state index in [4.69, 9.17) is 5.73 Å². The Kier molecular flexibility index (Phi) is 4.63. The van der Waals surface area contributed by atoms with E-state index in [2.05, 4.69) is 15.5 Å². The molecule has 3 rings (SSSR count). The summed E-state index contributed by atoms with van der Waals surface area (Å²) in [5, 5.41) is 11.6. The molecule has 0 spiro atoms. The molecule has 0 bridgehead atoms. The number of anilines is 1. The van der Waals surface area contributed by atoms with Crippen molar-refractivity contribution in [1.29, 1.82) is 0 Å². The molecular weight excluding hydrogens is 346 g/mol. The van der Waals surface area contributed by atoms with E-state index in [1.54, 1.807) is 12.1 Å². The summed E-state index contributed by atoms with van der Waals surface area (Å²) in [7, 11) is 0. The van der Waals surface area contributed by atoms with Gasteiger partial charge < -0.3 is 11.1 Å². The highest BCUT2D eigenvalue weighted by atomic mass is 32.1. The van der Waals surface area contributed by atoms with Gasteiger partial charge in [-0.05, 0) is 25.0 Å². The zero-order chi connectivity index (χ0) is 18.1. The van der Waals surface area contributed by atoms with Crippen molar-refractivity contribution >= 4 is 33.1 Å². The van der Waals surface area contributed by atoms with Gasteiger partial charge in [0.2, 0.25) is 0 Å². The van der Waals surface area contributed by atoms with Gasteiger partial charge in [-0.1, -0.05) is 24.3 Å². The molecule has 3 N–H and O–H groups in total. The molecule has 0 aliphatic rings. The van der Waals surface area contributed by atoms with Crippen molar-refractivity contribution in [3.05, 3.63) is 51.5 Å². The lowest BCUT2D eigenvalue weighted by Crippen LogP contribution is -2.22. The third-order valence-electron chi connectivity index (χ3n) is 4.03. The number of amides is 1. The van der Waals surface area contributed by atoms with Gasteiger partial charge in [0.15, 0.2) is 0 Å². The van der Waals surface area contributed by atoms with Crippen LogP contribution in [0.5, 0.6) is 0 Å². The smallest absolute Gasteiger partial charge is 0.263 e. The highest BCUT2D eigenvalue weighted by Crippen LogP contribution is 2.34. The highest BCUT2D eigenvalue weighted by Gasteiger charge is 2.19. The van der Waals surface area contributed by atoms with Crippen molar-refractivity contribution in [1.82, 2.24) is 15.5 Å². The van der Waals surface area contributed by atoms with Crippen molar-refractivity contribution in [2.75, 3.05) is 5.73 Å². The van der Waals surface area contributed by atoms with Crippen LogP contribution in [0, 0.1) is 13.8 Å². The van der Waals surface area contributed by atoms with E-state index in [1.807, 2.05) is 13.8 Å². The van der Waals surface area contributed by atoms with Gasteiger partial charge in [0.05, 0.1) is 11.4 Å². The third-order valence-corrected chi connectivity index (χ3v) is 5.11. The summed E-state index contributed by atoms with van der Waals surface area (Å²) in [6, 6.07) is 5.83. The second kappa shape index (κ2) is 6.72. The van der Waals surface area contributed by atoms with Crippen molar-refractivity contribution in [2.24, 2.45) is 0 Å². The summed E-state index contributed by atoms with van der Waals surface area (Å²) in [6.07, 6.45) is -2.50. The minimum Gasteiger partial charge on any atom is -0.397 e. The second-order valence-corrected chi connectivity index (χ2v) is 6.66. The number of hydrogen-bond acceptors (Lipinski definition) is 5. The number of benzene rings is 1. The van der Waals surface area contributed by atoms with E-state index in [-0.39, 0.29) is 18.0 Å². The van der Waals surface area contributed by atoms with Crippen molar-refractivity contribution in [2.45, 2.75) is 26.8 Å². The third kappa shape index (κ3) is 3.30. The Hall–Kier alpha value is -2.61. The zero-order valence-corrected chi connectivity index (χ0v) is 14.5. The molecule has 1 aromatic carbocycles. The highest BCUT2D eigenvalue weighted by molar-refractivity contribution is 7.21. The van der Waals surface area contributed by atoms with Crippen molar-refractivity contribution < 1.29 is 13.6 Å². The quantitative estimate of drug-likeness (QED) is 0.740. The number of hydrogen-bond donors (Lipinski definition) is 2. The van der Waals surface area contributed by atoms with E-state index >= 15 is 0 Å². The maximum absolute atomic E-state index is 12.5. The Morgan fingerprint density at radius 1 is 1.24 bits per heavy atom. The van der Waals surface area contributed by atoms with E-state index in [0.717, 1.165) is 22.2 Å². The first-order valence-electron chi connectivity index (χ1n) is 7.55. The fraction of sp³-hybridized carbons (Fsp3) is 0.235. The van der Waals surface area contributed by atoms with E-state index in [0.29, 0.717) is 15.4 Å². The molecular formula is C17H16F2N4OS. The average molecular weight is 362 g/mol. The standard InChI is InChI=1S/C17H16F2N4OS/c1-8-9(2)22-23-17-12(8)13(20)14(25-17)16(24)21-7-10-3-5-11(6-4-10)15(18)19/h3-6,15H,7,20H2,1-2H3,(H,21,24). The van der Waals surface area contributed by atoms with Crippen LogP contribution in [0.25, 0.3) is 10.2 Å². The van der Waals surface area contributed by atoms with Crippen LogP contribution < -0.4 is 11.1 Å². The molecule has 0 fully saturated rings. The number of fused-ring (bicyclic) bond motifs is 1. The maximum Gasteiger partial charge on any atom is 0.263 e. The first kappa shape index (κ1) is 17.2. The number of carbonyl (C=O) groups excluding carboxylic acids is 1. The number of halogens is 2. The van der Waals surface area contributed by atoms with Crippen LogP contribution in [0.15, 0.2) is 24.3 Å². The SMILES string of the molecule is Cc1nnc2sc(C(=O)NCc3ccc(C(F)F)cc3)c(N)c2c1C. The molecule has 3 aromatic rings. The Bertz CT molecular complexity index is 938. The minimum absolute atomic E-state index is 0.0479. The molecule has 5 nitrogen and oxygen atoms in total. The molecule has 25 heavy (non-hydrogen) atoms. The lowest BCUT2D eigenvalue weighted by molar-refractivity contribution is 0.0955. The number of nitrogens with one attached hydrogen (secondary N) is 1. The van der Waals surface area contributed by atoms with E-state index < -0.39 is 6.43 Å². The van der Waals surface area contributed by atoms with Gasteiger partial charge in [0.1, 0.15) is 9.71 Å². The number of nitrogen functional groups attached to an aromatic ring is 1. The summed E-state index contributed by atoms with van der Waals surface area (Å²) in [5.41, 5.74) is 8.87. The summed E-state index contributed by atoms with van der Waals surface area (Å²) in [4.78, 5) is 13.4. The summed E-state index contributed by atoms with van der Waals surface area (Å²) < 4.78 is 25.1. The van der Waals surface area contributed by atoms with Gasteiger partial charge in [-0.2, -0.15) is 5.10 Å². The molecule has 0 atom stereocenters. The molecule has 0 aliphatic carbocycles. The molecule has 0 saturated heterocycles. The lowest BCUT2D eigenvalue weighted by atomic mass is 10.1. The Morgan fingerprint density at radius 3 is 2.56 bits per heavy atom. The molecule has 2 aromatic heterocycles. The molecule has 0 aliphatic heterocycles. The van der Waals surface area contributed by atoms with Gasteiger partial charge in [-0.3, -0.25) is 4.79 Å². The molecule has 1 amide bonds. The van der Waals surface area contributed by atoms with E-state index in [1.165, 1.54) is 23.5 Å². The van der Waals surface area contributed by atoms with Gasteiger partial charge in [0.25, 0.3) is 12.3 Å². The van der Waals surface area contributed by atoms with Crippen LogP contribution >= 0.6 is 11.3 Å². The number of nitrogens with zero attached hydrogens (tertiary/aromatic N) is 2. The number of carbonyl (C=O) groups is 1. The maximum atomic E-state index is 12.5. The van der Waals surface area contributed by atoms with Crippen LogP contribution in [0.3, 0.4) is 0 Å². The zero-order valence-electron chi connectivity index (χ0n) is 13.6. The van der Waals surface area contributed by atoms with Crippen LogP contribution in [-0.2, 0) is 6.54 Å². The number of aryl methyl sites for hydroxylation is 2. The normalized spacial score (nSPS) is 11.2. The Labute approximate surface area is 146 Å². The van der Waals surface area contributed by atoms with Crippen LogP contribution in [0.1, 0.15) is 38.5 Å². The van der Waals surface area contributed by atoms with Crippen LogP contribution in [-0.4, -0.2) is 16.1 Å². The molecule has 2 heterocycles. The monoisotopic (exact) mass is 362 g/mol. The predicted molar refractivity (Wildman–Crippen MR) is 93.9 cm³/mol. The first-order chi connectivity index (χ1) is 11.9. The molecule has 130 valence electrons. The fourth-order valence-electron chi connectivity index (χ4n) is 2.45. The number of thiophene rings is 1. The van der Waals surface area contributed by atoms with Crippen molar-refractivity contribution in [3.63, 3.8) is 0 Å². The minimum atomic E-state index is -2.50. The fourth-order valence-corrected chi connectivity index (χ4v) is 3.47. The van der Waals surface area contributed by atoms with Crippen molar-refractivity contribution in [3.8, 4) is 0 Å². The average Bonchev–Trinajstić information content (AvgIpc) is 2.94. The number of alkyl halides is 2. The number of rotatable bonds is 4. The topological polar surface area (TPSA) is 80.9 Å². The second-order valence-electron chi connectivity index (χ2n) is 5.66. The first-order valence-corrected chi connectivity index (χ1v) is 8.37. The van der Waals surface area contributed by atoms with Crippen LogP contribution in [0.4, 0.5) is 14.5 Å². The summed E-state index contributed by atoms with van der Waals surface area (Å²) in [6.45, 7) is 3.95. The van der Waals surface area contributed by atoms with Gasteiger partial charge in [0, 0.05) is 17.5 Å².